The van der Waals surface area contributed by atoms with Crippen LogP contribution in [0.15, 0.2) is 24.3 Å². The van der Waals surface area contributed by atoms with Crippen LogP contribution in [-0.4, -0.2) is 7.05 Å². The number of nitrogens with two attached hydrogens (primary N) is 1. The fourth-order valence-electron chi connectivity index (χ4n) is 1.02. The van der Waals surface area contributed by atoms with Crippen LogP contribution >= 0.6 is 12.0 Å². The predicted octanol–water partition coefficient (Wildman–Crippen LogP) is 1.82. The molecule has 0 atom stereocenters. The van der Waals surface area contributed by atoms with Crippen LogP contribution in [0.4, 0.5) is 5.69 Å². The number of nitrogens with zero attached hydrogens (tertiary/aromatic N) is 1. The third kappa shape index (κ3) is 4.23. The van der Waals surface area contributed by atoms with E-state index in [9.17, 15) is 0 Å². The Hall–Kier alpha value is -1.19. The van der Waals surface area contributed by atoms with Crippen LogP contribution in [0.25, 0.3) is 0 Å². The van der Waals surface area contributed by atoms with Crippen molar-refractivity contribution in [3.8, 4) is 11.3 Å². The topological polar surface area (TPSA) is 47.7 Å². The van der Waals surface area contributed by atoms with Gasteiger partial charge in [0, 0.05) is 24.0 Å². The molecule has 2 N–H and O–H groups in total. The predicted molar refractivity (Wildman–Crippen MR) is 61.3 cm³/mol. The normalized spacial score (nSPS) is 9.27. The minimum atomic E-state index is 0.830. The minimum Gasteiger partial charge on any atom is -0.304 e. The van der Waals surface area contributed by atoms with E-state index in [0.29, 0.717) is 0 Å². The summed E-state index contributed by atoms with van der Waals surface area (Å²) in [7, 11) is 1.87. The first-order valence-electron chi connectivity index (χ1n) is 4.24. The second-order valence-corrected chi connectivity index (χ2v) is 3.37. The van der Waals surface area contributed by atoms with Crippen molar-refractivity contribution in [1.29, 1.82) is 0 Å². The molecule has 0 aliphatic carbocycles. The molecule has 0 aliphatic heterocycles. The highest BCUT2D eigenvalue weighted by Gasteiger charge is 1.95. The maximum atomic E-state index is 4.65. The van der Waals surface area contributed by atoms with E-state index in [2.05, 4.69) is 26.5 Å². The Morgan fingerprint density at radius 2 is 2.27 bits per heavy atom. The van der Waals surface area contributed by atoms with E-state index in [0.717, 1.165) is 17.7 Å². The average molecular weight is 224 g/mol. The summed E-state index contributed by atoms with van der Waals surface area (Å²) in [6, 6.07) is 10.9. The van der Waals surface area contributed by atoms with Gasteiger partial charge in [0.2, 0.25) is 0 Å². The van der Waals surface area contributed by atoms with E-state index in [1.165, 1.54) is 5.56 Å². The maximum Gasteiger partial charge on any atom is 0.125 e. The summed E-state index contributed by atoms with van der Waals surface area (Å²) in [4.78, 5) is 5.68. The first-order valence-corrected chi connectivity index (χ1v) is 4.98. The van der Waals surface area contributed by atoms with Gasteiger partial charge >= 0.3 is 0 Å². The monoisotopic (exact) mass is 224 g/mol. The van der Waals surface area contributed by atoms with Crippen molar-refractivity contribution >= 4 is 17.7 Å². The van der Waals surface area contributed by atoms with Gasteiger partial charge < -0.3 is 4.90 Å². The van der Waals surface area contributed by atoms with Crippen molar-refractivity contribution in [2.45, 2.75) is 6.92 Å². The molecular weight excluding hydrogens is 212 g/mol. The average Bonchev–Trinajstić information content (AvgIpc) is 2.24. The van der Waals surface area contributed by atoms with Gasteiger partial charge in [-0.25, -0.2) is 0 Å². The molecule has 0 amide bonds. The summed E-state index contributed by atoms with van der Waals surface area (Å²) in [5, 5.41) is 2.67. The molecule has 0 aliphatic rings. The Morgan fingerprint density at radius 1 is 1.47 bits per heavy atom. The number of hydrogen-bond donors (Lipinski definition) is 1. The zero-order valence-electron chi connectivity index (χ0n) is 8.56. The fourth-order valence-corrected chi connectivity index (χ4v) is 1.27. The zero-order chi connectivity index (χ0) is 11.1. The van der Waals surface area contributed by atoms with Crippen LogP contribution in [0.2, 0.25) is 0 Å². The number of hydrogen-bond acceptors (Lipinski definition) is 5. The number of rotatable bonds is 3. The van der Waals surface area contributed by atoms with E-state index in [1.54, 1.807) is 4.90 Å². The molecule has 1 aromatic rings. The second-order valence-electron chi connectivity index (χ2n) is 2.86. The first-order chi connectivity index (χ1) is 7.24. The lowest BCUT2D eigenvalue weighted by Gasteiger charge is -2.10. The minimum absolute atomic E-state index is 0.830. The summed E-state index contributed by atoms with van der Waals surface area (Å²) in [6.45, 7) is 2.03. The fraction of sp³-hybridized carbons (Fsp3) is 0.200. The van der Waals surface area contributed by atoms with Crippen molar-refractivity contribution < 1.29 is 9.32 Å². The van der Waals surface area contributed by atoms with Crippen LogP contribution in [0.5, 0.6) is 0 Å². The van der Waals surface area contributed by atoms with Gasteiger partial charge in [0.15, 0.2) is 0 Å². The van der Waals surface area contributed by atoms with Gasteiger partial charge in [-0.1, -0.05) is 12.1 Å². The van der Waals surface area contributed by atoms with Crippen LogP contribution in [-0.2, 0) is 9.32 Å². The lowest BCUT2D eigenvalue weighted by atomic mass is 10.2. The highest BCUT2D eigenvalue weighted by molar-refractivity contribution is 7.99. The van der Waals surface area contributed by atoms with E-state index in [1.807, 2.05) is 38.2 Å². The second kappa shape index (κ2) is 6.32. The van der Waals surface area contributed by atoms with E-state index >= 15 is 0 Å². The third-order valence-electron chi connectivity index (χ3n) is 1.72. The highest BCUT2D eigenvalue weighted by atomic mass is 32.2. The third-order valence-corrected chi connectivity index (χ3v) is 2.04. The van der Waals surface area contributed by atoms with Crippen molar-refractivity contribution in [2.75, 3.05) is 11.9 Å². The van der Waals surface area contributed by atoms with Gasteiger partial charge in [-0.05, 0) is 24.6 Å². The first kappa shape index (κ1) is 11.9. The lowest BCUT2D eigenvalue weighted by molar-refractivity contribution is -0.194. The summed E-state index contributed by atoms with van der Waals surface area (Å²) in [6.07, 6.45) is 0. The van der Waals surface area contributed by atoms with Crippen LogP contribution in [0, 0.1) is 18.2 Å². The summed E-state index contributed by atoms with van der Waals surface area (Å²) in [5.41, 5.74) is 2.21. The van der Waals surface area contributed by atoms with Gasteiger partial charge in [0.05, 0.1) is 0 Å². The van der Waals surface area contributed by atoms with Crippen molar-refractivity contribution in [2.24, 2.45) is 5.90 Å². The molecule has 0 saturated carbocycles. The van der Waals surface area contributed by atoms with E-state index in [-0.39, 0.29) is 0 Å². The van der Waals surface area contributed by atoms with Crippen molar-refractivity contribution in [1.82, 2.24) is 0 Å². The Kier molecular flexibility index (Phi) is 5.01. The Morgan fingerprint density at radius 3 is 2.93 bits per heavy atom. The van der Waals surface area contributed by atoms with Gasteiger partial charge in [0.1, 0.15) is 12.0 Å². The van der Waals surface area contributed by atoms with Gasteiger partial charge in [-0.15, -0.1) is 9.32 Å². The molecular formula is C10H12N2O2S. The number of aryl methyl sites for hydroxylation is 1. The van der Waals surface area contributed by atoms with Crippen molar-refractivity contribution in [3.05, 3.63) is 29.8 Å². The Labute approximate surface area is 93.4 Å². The van der Waals surface area contributed by atoms with Gasteiger partial charge in [-0.2, -0.15) is 5.90 Å². The smallest absolute Gasteiger partial charge is 0.125 e. The summed E-state index contributed by atoms with van der Waals surface area (Å²) < 4.78 is 4.34. The molecule has 80 valence electrons. The van der Waals surface area contributed by atoms with Crippen LogP contribution in [0.1, 0.15) is 5.56 Å². The van der Waals surface area contributed by atoms with E-state index in [4.69, 9.17) is 0 Å². The number of benzene rings is 1. The van der Waals surface area contributed by atoms with Crippen molar-refractivity contribution in [3.63, 3.8) is 0 Å². The molecule has 0 bridgehead atoms. The quantitative estimate of drug-likeness (QED) is 0.212. The molecule has 0 unspecified atom stereocenters. The number of anilines is 1. The maximum absolute atomic E-state index is 4.65. The molecule has 0 spiro atoms. The van der Waals surface area contributed by atoms with Gasteiger partial charge in [-0.3, -0.25) is 0 Å². The molecule has 1 rings (SSSR count). The molecule has 0 heterocycles. The SMILES string of the molecule is Cc1cccc(N(C)C#CSOON)c1. The standard InChI is InChI=1S/C10H12N2O2S/c1-9-4-3-5-10(8-9)12(2)6-7-15-14-13-11/h3-5,8H,11H2,1-2H3. The molecule has 0 radical (unpaired) electrons. The molecule has 5 heteroatoms. The molecule has 0 saturated heterocycles. The summed E-state index contributed by atoms with van der Waals surface area (Å²) >= 11 is 0.830. The molecule has 4 nitrogen and oxygen atoms in total. The molecule has 1 aromatic carbocycles. The zero-order valence-corrected chi connectivity index (χ0v) is 9.38. The Balaban J connectivity index is 2.59. The van der Waals surface area contributed by atoms with Crippen LogP contribution in [0.3, 0.4) is 0 Å². The molecule has 15 heavy (non-hydrogen) atoms. The lowest BCUT2D eigenvalue weighted by Crippen LogP contribution is -2.08. The Bertz CT molecular complexity index is 373. The molecule has 0 fully saturated rings. The van der Waals surface area contributed by atoms with Crippen LogP contribution < -0.4 is 10.8 Å². The summed E-state index contributed by atoms with van der Waals surface area (Å²) in [5.74, 6) is 4.65. The molecule has 0 aromatic heterocycles. The van der Waals surface area contributed by atoms with E-state index < -0.39 is 0 Å². The van der Waals surface area contributed by atoms with Gasteiger partial charge in [0.25, 0.3) is 0 Å². The largest absolute Gasteiger partial charge is 0.304 e. The highest BCUT2D eigenvalue weighted by Crippen LogP contribution is 2.13.